The van der Waals surface area contributed by atoms with E-state index in [9.17, 15) is 19.3 Å². The number of hydrogen-bond acceptors (Lipinski definition) is 4. The molecule has 94 valence electrons. The first-order chi connectivity index (χ1) is 8.47. The molecule has 0 aliphatic heterocycles. The number of thiol groups is 1. The van der Waals surface area contributed by atoms with E-state index in [0.717, 1.165) is 6.07 Å². The third-order valence-electron chi connectivity index (χ3n) is 1.97. The second-order valence-electron chi connectivity index (χ2n) is 3.19. The zero-order valence-corrected chi connectivity index (χ0v) is 9.91. The number of nitro groups is 1. The summed E-state index contributed by atoms with van der Waals surface area (Å²) in [6.45, 7) is 0. The van der Waals surface area contributed by atoms with Gasteiger partial charge in [0.05, 0.1) is 10.5 Å². The third-order valence-corrected chi connectivity index (χ3v) is 2.20. The van der Waals surface area contributed by atoms with E-state index in [1.54, 1.807) is 0 Å². The molecule has 1 N–H and O–H groups in total. The van der Waals surface area contributed by atoms with Crippen molar-refractivity contribution in [1.82, 2.24) is 0 Å². The summed E-state index contributed by atoms with van der Waals surface area (Å²) in [6.07, 6.45) is 0.400. The molecule has 5 nitrogen and oxygen atoms in total. The highest BCUT2D eigenvalue weighted by atomic mass is 32.1. The fourth-order valence-electron chi connectivity index (χ4n) is 1.19. The number of aromatic carboxylic acids is 1. The van der Waals surface area contributed by atoms with E-state index in [-0.39, 0.29) is 5.56 Å². The fourth-order valence-corrected chi connectivity index (χ4v) is 1.31. The summed E-state index contributed by atoms with van der Waals surface area (Å²) in [6, 6.07) is 1.43. The van der Waals surface area contributed by atoms with Gasteiger partial charge in [-0.2, -0.15) is 12.6 Å². The molecule has 0 amide bonds. The van der Waals surface area contributed by atoms with Crippen LogP contribution in [0.5, 0.6) is 0 Å². The van der Waals surface area contributed by atoms with E-state index in [4.69, 9.17) is 5.11 Å². The quantitative estimate of drug-likeness (QED) is 0.381. The number of carboxylic acids is 1. The van der Waals surface area contributed by atoms with Gasteiger partial charge < -0.3 is 5.11 Å². The van der Waals surface area contributed by atoms with Crippen LogP contribution in [0, 0.1) is 27.8 Å². The predicted octanol–water partition coefficient (Wildman–Crippen LogP) is 2.10. The van der Waals surface area contributed by atoms with Crippen molar-refractivity contribution in [2.45, 2.75) is 6.42 Å². The van der Waals surface area contributed by atoms with Crippen molar-refractivity contribution in [3.8, 4) is 11.8 Å². The number of halogens is 1. The van der Waals surface area contributed by atoms with Crippen LogP contribution in [0.25, 0.3) is 0 Å². The Hall–Kier alpha value is -2.07. The Morgan fingerprint density at radius 1 is 1.56 bits per heavy atom. The SMILES string of the molecule is O=C(O)c1cc(F)c(C#CCCS)cc1[N+](=O)[O-]. The van der Waals surface area contributed by atoms with Crippen LogP contribution in [0.4, 0.5) is 10.1 Å². The lowest BCUT2D eigenvalue weighted by molar-refractivity contribution is -0.385. The topological polar surface area (TPSA) is 80.4 Å². The Kier molecular flexibility index (Phi) is 4.68. The maximum Gasteiger partial charge on any atom is 0.342 e. The van der Waals surface area contributed by atoms with Crippen LogP contribution >= 0.6 is 12.6 Å². The molecule has 1 aromatic carbocycles. The molecule has 0 fully saturated rings. The molecule has 0 atom stereocenters. The monoisotopic (exact) mass is 269 g/mol. The summed E-state index contributed by atoms with van der Waals surface area (Å²) in [5, 5.41) is 19.4. The Morgan fingerprint density at radius 3 is 2.72 bits per heavy atom. The summed E-state index contributed by atoms with van der Waals surface area (Å²) in [5.41, 5.74) is -1.58. The molecule has 1 aromatic rings. The normalized spacial score (nSPS) is 9.44. The molecule has 0 aliphatic carbocycles. The van der Waals surface area contributed by atoms with Gasteiger partial charge in [0.25, 0.3) is 5.69 Å². The summed E-state index contributed by atoms with van der Waals surface area (Å²) < 4.78 is 13.5. The van der Waals surface area contributed by atoms with Gasteiger partial charge in [-0.1, -0.05) is 11.8 Å². The van der Waals surface area contributed by atoms with Crippen LogP contribution < -0.4 is 0 Å². The number of benzene rings is 1. The Labute approximate surface area is 107 Å². The number of hydrogen-bond donors (Lipinski definition) is 2. The van der Waals surface area contributed by atoms with Gasteiger partial charge in [0, 0.05) is 18.2 Å². The van der Waals surface area contributed by atoms with Crippen molar-refractivity contribution in [2.24, 2.45) is 0 Å². The first kappa shape index (κ1) is 14.0. The van der Waals surface area contributed by atoms with Crippen LogP contribution in [0.2, 0.25) is 0 Å². The highest BCUT2D eigenvalue weighted by Crippen LogP contribution is 2.22. The minimum atomic E-state index is -1.56. The standard InChI is InChI=1S/C11H8FNO4S/c12-9-6-8(11(14)15)10(13(16)17)5-7(9)3-1-2-4-18/h5-6,18H,2,4H2,(H,14,15). The molecule has 0 spiro atoms. The first-order valence-corrected chi connectivity index (χ1v) is 5.41. The minimum absolute atomic E-state index is 0.200. The Morgan fingerprint density at radius 2 is 2.22 bits per heavy atom. The summed E-state index contributed by atoms with van der Waals surface area (Å²) >= 11 is 3.91. The molecule has 0 aliphatic rings. The molecule has 0 saturated heterocycles. The van der Waals surface area contributed by atoms with Gasteiger partial charge in [0.15, 0.2) is 0 Å². The van der Waals surface area contributed by atoms with E-state index >= 15 is 0 Å². The second kappa shape index (κ2) is 6.02. The number of rotatable bonds is 3. The Balaban J connectivity index is 3.33. The van der Waals surface area contributed by atoms with Gasteiger partial charge in [-0.05, 0) is 6.07 Å². The van der Waals surface area contributed by atoms with Gasteiger partial charge >= 0.3 is 5.97 Å². The predicted molar refractivity (Wildman–Crippen MR) is 65.4 cm³/mol. The maximum atomic E-state index is 13.5. The minimum Gasteiger partial charge on any atom is -0.477 e. The molecule has 0 heterocycles. The smallest absolute Gasteiger partial charge is 0.342 e. The van der Waals surface area contributed by atoms with Crippen LogP contribution in [0.1, 0.15) is 22.3 Å². The Bertz CT molecular complexity index is 562. The first-order valence-electron chi connectivity index (χ1n) is 4.78. The fraction of sp³-hybridized carbons (Fsp3) is 0.182. The van der Waals surface area contributed by atoms with Crippen molar-refractivity contribution in [2.75, 3.05) is 5.75 Å². The van der Waals surface area contributed by atoms with Gasteiger partial charge in [0.2, 0.25) is 0 Å². The van der Waals surface area contributed by atoms with E-state index in [0.29, 0.717) is 18.2 Å². The summed E-state index contributed by atoms with van der Waals surface area (Å²) in [4.78, 5) is 20.5. The molecule has 0 saturated carbocycles. The van der Waals surface area contributed by atoms with Crippen LogP contribution in [-0.4, -0.2) is 21.8 Å². The number of nitrogens with zero attached hydrogens (tertiary/aromatic N) is 1. The molecular weight excluding hydrogens is 261 g/mol. The van der Waals surface area contributed by atoms with E-state index in [1.165, 1.54) is 0 Å². The molecule has 0 bridgehead atoms. The summed E-state index contributed by atoms with van der Waals surface area (Å²) in [7, 11) is 0. The van der Waals surface area contributed by atoms with Gasteiger partial charge in [-0.3, -0.25) is 10.1 Å². The average molecular weight is 269 g/mol. The molecule has 0 radical (unpaired) electrons. The second-order valence-corrected chi connectivity index (χ2v) is 3.63. The van der Waals surface area contributed by atoms with Crippen molar-refractivity contribution >= 4 is 24.3 Å². The van der Waals surface area contributed by atoms with Gasteiger partial charge in [-0.15, -0.1) is 0 Å². The van der Waals surface area contributed by atoms with Crippen molar-refractivity contribution in [1.29, 1.82) is 0 Å². The van der Waals surface area contributed by atoms with Crippen LogP contribution in [0.15, 0.2) is 12.1 Å². The third kappa shape index (κ3) is 3.21. The molecule has 0 aromatic heterocycles. The number of carboxylic acid groups (broad SMARTS) is 1. The highest BCUT2D eigenvalue weighted by molar-refractivity contribution is 7.80. The lowest BCUT2D eigenvalue weighted by Gasteiger charge is -2.00. The molecule has 7 heteroatoms. The lowest BCUT2D eigenvalue weighted by Crippen LogP contribution is -2.04. The van der Waals surface area contributed by atoms with Crippen LogP contribution in [-0.2, 0) is 0 Å². The van der Waals surface area contributed by atoms with Gasteiger partial charge in [0.1, 0.15) is 11.4 Å². The molecule has 0 unspecified atom stereocenters. The maximum absolute atomic E-state index is 13.5. The zero-order chi connectivity index (χ0) is 13.7. The molecule has 18 heavy (non-hydrogen) atoms. The number of nitro benzene ring substituents is 1. The summed E-state index contributed by atoms with van der Waals surface area (Å²) in [5.74, 6) is 2.99. The molecular formula is C11H8FNO4S. The van der Waals surface area contributed by atoms with Crippen molar-refractivity contribution in [3.63, 3.8) is 0 Å². The van der Waals surface area contributed by atoms with Crippen molar-refractivity contribution < 1.29 is 19.2 Å². The zero-order valence-electron chi connectivity index (χ0n) is 9.01. The number of carbonyl (C=O) groups is 1. The van der Waals surface area contributed by atoms with E-state index in [2.05, 4.69) is 24.5 Å². The highest BCUT2D eigenvalue weighted by Gasteiger charge is 2.22. The molecule has 1 rings (SSSR count). The van der Waals surface area contributed by atoms with E-state index < -0.39 is 28.0 Å². The lowest BCUT2D eigenvalue weighted by atomic mass is 10.1. The van der Waals surface area contributed by atoms with E-state index in [1.807, 2.05) is 0 Å². The van der Waals surface area contributed by atoms with Crippen LogP contribution in [0.3, 0.4) is 0 Å². The van der Waals surface area contributed by atoms with Gasteiger partial charge in [-0.25, -0.2) is 9.18 Å². The van der Waals surface area contributed by atoms with Crippen molar-refractivity contribution in [3.05, 3.63) is 39.2 Å². The average Bonchev–Trinajstić information content (AvgIpc) is 2.30. The largest absolute Gasteiger partial charge is 0.477 e.